The van der Waals surface area contributed by atoms with E-state index in [4.69, 9.17) is 0 Å². The van der Waals surface area contributed by atoms with Gasteiger partial charge in [-0.3, -0.25) is 4.79 Å². The number of halogens is 1. The van der Waals surface area contributed by atoms with E-state index >= 15 is 0 Å². The Bertz CT molecular complexity index is 612. The highest BCUT2D eigenvalue weighted by atomic mass is 19.1. The van der Waals surface area contributed by atoms with Crippen molar-refractivity contribution in [3.05, 3.63) is 65.5 Å². The standard InChI is InChI=1S/C14H11FN2O/c15-10-5-3-4-9(8-10)13-16-12-7-2-1-6-11(12)14(18)17-13/h1-8,13,16H,(H,17,18)/t13-/m0/s1. The van der Waals surface area contributed by atoms with Gasteiger partial charge in [0.15, 0.2) is 0 Å². The number of benzene rings is 2. The minimum absolute atomic E-state index is 0.154. The van der Waals surface area contributed by atoms with Gasteiger partial charge in [0, 0.05) is 5.69 Å². The van der Waals surface area contributed by atoms with Crippen LogP contribution in [0.5, 0.6) is 0 Å². The molecular weight excluding hydrogens is 231 g/mol. The molecule has 2 aromatic rings. The highest BCUT2D eigenvalue weighted by Gasteiger charge is 2.23. The first-order valence-electron chi connectivity index (χ1n) is 5.66. The number of carbonyl (C=O) groups is 1. The molecule has 0 unspecified atom stereocenters. The molecule has 0 saturated heterocycles. The lowest BCUT2D eigenvalue weighted by Gasteiger charge is -2.28. The lowest BCUT2D eigenvalue weighted by atomic mass is 10.1. The van der Waals surface area contributed by atoms with E-state index in [1.165, 1.54) is 12.1 Å². The third kappa shape index (κ3) is 1.82. The molecule has 2 N–H and O–H groups in total. The minimum Gasteiger partial charge on any atom is -0.361 e. The van der Waals surface area contributed by atoms with Gasteiger partial charge < -0.3 is 10.6 Å². The summed E-state index contributed by atoms with van der Waals surface area (Å²) < 4.78 is 13.2. The molecule has 1 aliphatic heterocycles. The summed E-state index contributed by atoms with van der Waals surface area (Å²) in [5.74, 6) is -0.471. The summed E-state index contributed by atoms with van der Waals surface area (Å²) in [6.07, 6.45) is -0.400. The van der Waals surface area contributed by atoms with E-state index in [2.05, 4.69) is 10.6 Å². The van der Waals surface area contributed by atoms with Crippen LogP contribution in [0.2, 0.25) is 0 Å². The van der Waals surface area contributed by atoms with Crippen LogP contribution in [0.4, 0.5) is 10.1 Å². The van der Waals surface area contributed by atoms with Crippen LogP contribution in [0.15, 0.2) is 48.5 Å². The van der Waals surface area contributed by atoms with Crippen LogP contribution in [0.25, 0.3) is 0 Å². The van der Waals surface area contributed by atoms with Crippen molar-refractivity contribution in [2.24, 2.45) is 0 Å². The van der Waals surface area contributed by atoms with E-state index in [0.29, 0.717) is 11.1 Å². The second-order valence-electron chi connectivity index (χ2n) is 4.15. The van der Waals surface area contributed by atoms with Crippen molar-refractivity contribution in [1.29, 1.82) is 0 Å². The molecule has 3 rings (SSSR count). The summed E-state index contributed by atoms with van der Waals surface area (Å²) in [6.45, 7) is 0. The third-order valence-corrected chi connectivity index (χ3v) is 2.93. The SMILES string of the molecule is O=C1N[C@@H](c2cccc(F)c2)Nc2ccccc21. The van der Waals surface area contributed by atoms with Gasteiger partial charge in [0.2, 0.25) is 0 Å². The van der Waals surface area contributed by atoms with Crippen LogP contribution in [0.3, 0.4) is 0 Å². The second-order valence-corrected chi connectivity index (χ2v) is 4.15. The maximum atomic E-state index is 13.2. The summed E-state index contributed by atoms with van der Waals surface area (Å²) in [7, 11) is 0. The van der Waals surface area contributed by atoms with Gasteiger partial charge in [-0.1, -0.05) is 24.3 Å². The van der Waals surface area contributed by atoms with E-state index in [1.54, 1.807) is 18.2 Å². The largest absolute Gasteiger partial charge is 0.361 e. The molecule has 2 aromatic carbocycles. The first kappa shape index (κ1) is 10.8. The van der Waals surface area contributed by atoms with Gasteiger partial charge in [0.05, 0.1) is 5.56 Å². The average molecular weight is 242 g/mol. The van der Waals surface area contributed by atoms with Crippen molar-refractivity contribution >= 4 is 11.6 Å². The number of rotatable bonds is 1. The zero-order valence-electron chi connectivity index (χ0n) is 9.48. The average Bonchev–Trinajstić information content (AvgIpc) is 2.39. The Morgan fingerprint density at radius 3 is 2.67 bits per heavy atom. The number of hydrogen-bond donors (Lipinski definition) is 2. The Balaban J connectivity index is 1.97. The number of carbonyl (C=O) groups excluding carboxylic acids is 1. The van der Waals surface area contributed by atoms with E-state index in [1.807, 2.05) is 18.2 Å². The van der Waals surface area contributed by atoms with Crippen molar-refractivity contribution in [3.63, 3.8) is 0 Å². The predicted octanol–water partition coefficient (Wildman–Crippen LogP) is 2.68. The van der Waals surface area contributed by atoms with Crippen molar-refractivity contribution in [3.8, 4) is 0 Å². The van der Waals surface area contributed by atoms with E-state index in [0.717, 1.165) is 5.69 Å². The minimum atomic E-state index is -0.400. The molecule has 90 valence electrons. The Morgan fingerprint density at radius 1 is 1.00 bits per heavy atom. The van der Waals surface area contributed by atoms with Crippen molar-refractivity contribution in [2.45, 2.75) is 6.17 Å². The van der Waals surface area contributed by atoms with E-state index < -0.39 is 6.17 Å². The fraction of sp³-hybridized carbons (Fsp3) is 0.0714. The first-order chi connectivity index (χ1) is 8.74. The number of nitrogens with one attached hydrogen (secondary N) is 2. The second kappa shape index (κ2) is 4.14. The molecule has 4 heteroatoms. The zero-order valence-corrected chi connectivity index (χ0v) is 9.48. The third-order valence-electron chi connectivity index (χ3n) is 2.93. The maximum Gasteiger partial charge on any atom is 0.255 e. The highest BCUT2D eigenvalue weighted by molar-refractivity contribution is 6.01. The Kier molecular flexibility index (Phi) is 2.48. The number of para-hydroxylation sites is 1. The predicted molar refractivity (Wildman–Crippen MR) is 66.7 cm³/mol. The van der Waals surface area contributed by atoms with Crippen LogP contribution in [0.1, 0.15) is 22.1 Å². The number of hydrogen-bond acceptors (Lipinski definition) is 2. The summed E-state index contributed by atoms with van der Waals surface area (Å²) in [4.78, 5) is 11.9. The number of anilines is 1. The molecule has 1 amide bonds. The van der Waals surface area contributed by atoms with Crippen LogP contribution in [-0.4, -0.2) is 5.91 Å². The molecule has 0 saturated carbocycles. The summed E-state index contributed by atoms with van der Waals surface area (Å²) in [6, 6.07) is 13.4. The quantitative estimate of drug-likeness (QED) is 0.807. The molecule has 0 bridgehead atoms. The molecule has 18 heavy (non-hydrogen) atoms. The van der Waals surface area contributed by atoms with Gasteiger partial charge in [0.1, 0.15) is 12.0 Å². The van der Waals surface area contributed by atoms with E-state index in [9.17, 15) is 9.18 Å². The summed E-state index contributed by atoms with van der Waals surface area (Å²) in [5.41, 5.74) is 2.05. The number of amides is 1. The van der Waals surface area contributed by atoms with Crippen molar-refractivity contribution in [2.75, 3.05) is 5.32 Å². The van der Waals surface area contributed by atoms with Crippen LogP contribution in [0, 0.1) is 5.82 Å². The first-order valence-corrected chi connectivity index (χ1v) is 5.66. The van der Waals surface area contributed by atoms with Gasteiger partial charge in [0.25, 0.3) is 5.91 Å². The summed E-state index contributed by atoms with van der Waals surface area (Å²) >= 11 is 0. The number of fused-ring (bicyclic) bond motifs is 1. The maximum absolute atomic E-state index is 13.2. The fourth-order valence-corrected chi connectivity index (χ4v) is 2.06. The molecule has 0 fully saturated rings. The molecule has 1 atom stereocenters. The molecule has 0 aromatic heterocycles. The highest BCUT2D eigenvalue weighted by Crippen LogP contribution is 2.26. The molecule has 1 aliphatic rings. The smallest absolute Gasteiger partial charge is 0.255 e. The van der Waals surface area contributed by atoms with Crippen LogP contribution < -0.4 is 10.6 Å². The Hall–Kier alpha value is -2.36. The molecule has 0 spiro atoms. The van der Waals surface area contributed by atoms with E-state index in [-0.39, 0.29) is 11.7 Å². The molecule has 0 radical (unpaired) electrons. The Morgan fingerprint density at radius 2 is 1.83 bits per heavy atom. The van der Waals surface area contributed by atoms with Crippen molar-refractivity contribution < 1.29 is 9.18 Å². The summed E-state index contributed by atoms with van der Waals surface area (Å²) in [5, 5.41) is 5.97. The topological polar surface area (TPSA) is 41.1 Å². The van der Waals surface area contributed by atoms with Gasteiger partial charge in [-0.25, -0.2) is 4.39 Å². The Labute approximate surface area is 104 Å². The van der Waals surface area contributed by atoms with Crippen LogP contribution >= 0.6 is 0 Å². The monoisotopic (exact) mass is 242 g/mol. The lowest BCUT2D eigenvalue weighted by Crippen LogP contribution is -2.38. The van der Waals surface area contributed by atoms with Crippen LogP contribution in [-0.2, 0) is 0 Å². The van der Waals surface area contributed by atoms with Gasteiger partial charge in [-0.2, -0.15) is 0 Å². The molecule has 1 heterocycles. The zero-order chi connectivity index (χ0) is 12.5. The molecule has 3 nitrogen and oxygen atoms in total. The fourth-order valence-electron chi connectivity index (χ4n) is 2.06. The van der Waals surface area contributed by atoms with Gasteiger partial charge in [-0.05, 0) is 29.8 Å². The molecule has 0 aliphatic carbocycles. The molecular formula is C14H11FN2O. The normalized spacial score (nSPS) is 17.6. The lowest BCUT2D eigenvalue weighted by molar-refractivity contribution is 0.0935. The van der Waals surface area contributed by atoms with Crippen molar-refractivity contribution in [1.82, 2.24) is 5.32 Å². The van der Waals surface area contributed by atoms with Gasteiger partial charge in [-0.15, -0.1) is 0 Å². The van der Waals surface area contributed by atoms with Gasteiger partial charge >= 0.3 is 0 Å².